The number of hydrogen-bond acceptors (Lipinski definition) is 36. The summed E-state index contributed by atoms with van der Waals surface area (Å²) in [7, 11) is 3.11. The van der Waals surface area contributed by atoms with Crippen molar-refractivity contribution in [1.29, 1.82) is 0 Å². The first-order chi connectivity index (χ1) is 56.3. The number of aromatic hydroxyl groups is 4. The number of Topliss-reactive ketones (excluding diaryl/α,β-unsaturated/α-hetero) is 5. The van der Waals surface area contributed by atoms with E-state index in [-0.39, 0.29) is 68.7 Å². The highest BCUT2D eigenvalue weighted by Gasteiger charge is 2.82. The molecule has 36 nitrogen and oxygen atoms in total. The van der Waals surface area contributed by atoms with Gasteiger partial charge in [0.2, 0.25) is 23.1 Å². The zero-order chi connectivity index (χ0) is 86.0. The Kier molecular flexibility index (Phi) is 23.8. The predicted molar refractivity (Wildman–Crippen MR) is 402 cm³/mol. The second kappa shape index (κ2) is 32.3. The molecule has 0 spiro atoms. The van der Waals surface area contributed by atoms with E-state index in [1.165, 1.54) is 26.8 Å². The minimum atomic E-state index is -3.20. The van der Waals surface area contributed by atoms with E-state index in [1.807, 2.05) is 0 Å². The summed E-state index contributed by atoms with van der Waals surface area (Å²) in [5.74, 6) is -16.7. The Bertz CT molecular complexity index is 4470. The zero-order valence-corrected chi connectivity index (χ0v) is 68.1. The van der Waals surface area contributed by atoms with Gasteiger partial charge in [0.05, 0.1) is 151 Å². The molecule has 12 aliphatic rings. The van der Waals surface area contributed by atoms with Gasteiger partial charge in [-0.15, -0.1) is 0 Å². The van der Waals surface area contributed by atoms with Gasteiger partial charge in [0.15, 0.2) is 72.0 Å². The van der Waals surface area contributed by atoms with Crippen LogP contribution in [0.25, 0.3) is 16.3 Å². The molecule has 15 rings (SSSR count). The van der Waals surface area contributed by atoms with Gasteiger partial charge >= 0.3 is 0 Å². The molecule has 7 heterocycles. The Morgan fingerprint density at radius 1 is 0.496 bits per heavy atom. The van der Waals surface area contributed by atoms with Gasteiger partial charge in [-0.25, -0.2) is 0 Å². The molecule has 0 amide bonds. The standard InChI is InChI=1S/C83H110O36/c1-13-22-80(101)77(117-45-19-16-43(31(5)108-45)114-47-21-24-79(100,34(8)84)35(9)112-47)67(96)70(115-48-27-40(86)59(88)32(6)110-48)38-26-36-25-37-51(61(90)50(36)75(98)82(38,80)102)62(91)55(73(106-12)69(37)104-10)54-63(92)52-53(66(95)72(54)105-11)64(93)56-57(65(52)94)76(99)83(103)58-71(56)119-81(83,23-14-2)78(68(97)74(58)116-49-28-41(87)60(89)33(7)111-49)118-46-20-17-42(30(4)109-46)113-44-18-15-39(85)29(3)107-44/h25,29-33,35,38-49,58-60,67-68,70-71,74,77-78,85-91,93-94,96-97,100-103H,13-24,26-28H2,1-12H3. The molecule has 36 heteroatoms. The minimum Gasteiger partial charge on any atom is -0.507 e. The lowest BCUT2D eigenvalue weighted by Gasteiger charge is -2.60. The van der Waals surface area contributed by atoms with Crippen molar-refractivity contribution < 1.29 is 176 Å². The van der Waals surface area contributed by atoms with E-state index in [0.29, 0.717) is 12.8 Å². The molecule has 3 aromatic carbocycles. The van der Waals surface area contributed by atoms with Crippen molar-refractivity contribution in [3.63, 3.8) is 0 Å². The molecule has 0 radical (unpaired) electrons. The van der Waals surface area contributed by atoms with Crippen LogP contribution in [0, 0.1) is 11.8 Å². The molecule has 4 bridgehead atoms. The second-order valence-corrected chi connectivity index (χ2v) is 34.3. The van der Waals surface area contributed by atoms with Gasteiger partial charge in [0.1, 0.15) is 76.4 Å². The molecular formula is C83H110O36. The summed E-state index contributed by atoms with van der Waals surface area (Å²) in [6, 6.07) is 1.25. The number of aliphatic hydroxyl groups excluding tert-OH is 7. The number of benzene rings is 3. The van der Waals surface area contributed by atoms with E-state index in [1.54, 1.807) is 41.5 Å². The number of phenolic OH excluding ortho intramolecular Hbond substituents is 4. The number of ketones is 5. The molecule has 0 aromatic heterocycles. The lowest BCUT2D eigenvalue weighted by molar-refractivity contribution is -0.358. The molecule has 7 saturated heterocycles. The average molecular weight is 1680 g/mol. The van der Waals surface area contributed by atoms with Crippen molar-refractivity contribution in [1.82, 2.24) is 0 Å². The smallest absolute Gasteiger partial charge is 0.232 e. The van der Waals surface area contributed by atoms with Crippen molar-refractivity contribution in [2.24, 2.45) is 11.8 Å². The molecular weight excluding hydrogens is 1570 g/mol. The van der Waals surface area contributed by atoms with Crippen molar-refractivity contribution >= 4 is 45.3 Å². The Balaban J connectivity index is 0.806. The molecule has 33 unspecified atom stereocenters. The summed E-state index contributed by atoms with van der Waals surface area (Å²) < 4.78 is 101. The number of allylic oxidation sites excluding steroid dienone is 2. The van der Waals surface area contributed by atoms with Crippen LogP contribution in [0.4, 0.5) is 0 Å². The van der Waals surface area contributed by atoms with E-state index in [9.17, 15) is 81.4 Å². The summed E-state index contributed by atoms with van der Waals surface area (Å²) in [5, 5.41) is 184. The van der Waals surface area contributed by atoms with Gasteiger partial charge in [-0.3, -0.25) is 24.0 Å². The zero-order valence-electron chi connectivity index (χ0n) is 68.1. The molecule has 658 valence electrons. The van der Waals surface area contributed by atoms with Crippen molar-refractivity contribution in [3.05, 3.63) is 50.8 Å². The number of carbonyl (C=O) groups is 5. The summed E-state index contributed by atoms with van der Waals surface area (Å²) >= 11 is 0. The van der Waals surface area contributed by atoms with Crippen LogP contribution in [0.5, 0.6) is 34.5 Å². The van der Waals surface area contributed by atoms with Crippen molar-refractivity contribution in [3.8, 4) is 34.5 Å². The van der Waals surface area contributed by atoms with Crippen molar-refractivity contribution in [2.45, 2.75) is 346 Å². The van der Waals surface area contributed by atoms with Crippen LogP contribution in [0.2, 0.25) is 0 Å². The summed E-state index contributed by atoms with van der Waals surface area (Å²) in [4.78, 5) is 77.0. The molecule has 7 aliphatic heterocycles. The van der Waals surface area contributed by atoms with Gasteiger partial charge in [0.25, 0.3) is 0 Å². The molecule has 5 aliphatic carbocycles. The lowest BCUT2D eigenvalue weighted by Crippen LogP contribution is -2.80. The average Bonchev–Trinajstić information content (AvgIpc) is 1.43. The van der Waals surface area contributed by atoms with Gasteiger partial charge in [-0.1, -0.05) is 26.7 Å². The normalized spacial score (nSPS) is 43.4. The quantitative estimate of drug-likeness (QED) is 0.0681. The third kappa shape index (κ3) is 13.5. The minimum absolute atomic E-state index is 0.00463. The number of carbonyl (C=O) groups excluding carboxylic acids is 5. The second-order valence-electron chi connectivity index (χ2n) is 34.3. The summed E-state index contributed by atoms with van der Waals surface area (Å²) in [6.07, 6.45) is -33.8. The lowest BCUT2D eigenvalue weighted by atomic mass is 9.53. The molecule has 119 heavy (non-hydrogen) atoms. The van der Waals surface area contributed by atoms with Gasteiger partial charge in [-0.05, 0) is 105 Å². The molecule has 15 N–H and O–H groups in total. The van der Waals surface area contributed by atoms with Crippen LogP contribution in [0.15, 0.2) is 11.8 Å². The number of rotatable bonds is 21. The van der Waals surface area contributed by atoms with Crippen LogP contribution in [-0.4, -0.2) is 309 Å². The molecule has 2 saturated carbocycles. The third-order valence-electron chi connectivity index (χ3n) is 27.5. The highest BCUT2D eigenvalue weighted by molar-refractivity contribution is 6.43. The first-order valence-corrected chi connectivity index (χ1v) is 41.2. The maximum absolute atomic E-state index is 16.4. The van der Waals surface area contributed by atoms with Gasteiger partial charge < -0.3 is 152 Å². The van der Waals surface area contributed by atoms with Crippen LogP contribution in [0.3, 0.4) is 0 Å². The predicted octanol–water partition coefficient (Wildman–Crippen LogP) is 2.44. The monoisotopic (exact) mass is 1680 g/mol. The maximum Gasteiger partial charge on any atom is 0.232 e. The Hall–Kier alpha value is -6.35. The van der Waals surface area contributed by atoms with E-state index in [0.717, 1.165) is 21.3 Å². The van der Waals surface area contributed by atoms with Crippen LogP contribution in [-0.2, 0) is 77.5 Å². The first kappa shape index (κ1) is 87.5. The fourth-order valence-corrected chi connectivity index (χ4v) is 21.2. The molecule has 3 aromatic rings. The number of hydrogen-bond donors (Lipinski definition) is 15. The fourth-order valence-electron chi connectivity index (χ4n) is 21.2. The van der Waals surface area contributed by atoms with E-state index >= 15 is 19.2 Å². The van der Waals surface area contributed by atoms with E-state index in [4.69, 9.17) is 75.8 Å². The Labute approximate surface area is 683 Å². The molecule has 9 fully saturated rings. The van der Waals surface area contributed by atoms with Gasteiger partial charge in [-0.2, -0.15) is 0 Å². The Morgan fingerprint density at radius 2 is 1.01 bits per heavy atom. The highest BCUT2D eigenvalue weighted by atomic mass is 16.8. The number of fused-ring (bicyclic) bond motifs is 6. The van der Waals surface area contributed by atoms with Crippen LogP contribution < -0.4 is 9.47 Å². The number of methoxy groups -OCH3 is 3. The third-order valence-corrected chi connectivity index (χ3v) is 27.5. The first-order valence-electron chi connectivity index (χ1n) is 41.2. The largest absolute Gasteiger partial charge is 0.507 e. The van der Waals surface area contributed by atoms with Gasteiger partial charge in [0, 0.05) is 55.4 Å². The van der Waals surface area contributed by atoms with Crippen molar-refractivity contribution in [2.75, 3.05) is 21.3 Å². The highest BCUT2D eigenvalue weighted by Crippen LogP contribution is 2.69. The fraction of sp³-hybridized carbons (Fsp3) is 0.723. The number of phenols is 4. The summed E-state index contributed by atoms with van der Waals surface area (Å²) in [6.45, 7) is 14.1. The topological polar surface area (TPSA) is 536 Å². The molecule has 33 atom stereocenters. The SMILES string of the molecule is CCCC1(O)C(OC2CCC(OC3CCC(O)(C(C)=O)C(C)O3)C(C)O2)C(O)C(OC2CC(O)C(O)C(C)O2)C2Cc3cc4c(OC)c(OC)c(C5=C(OC)C(=O)c6c(O)c7c(c(O)c6C5=O)C(=O)C5(O)C6C7OC5(CCC)C(OC5CCC(OC7CCC(O)C(C)O7)C(C)O5)C(O)C6OC5CC(O)C(O)C(C)O5)c(O)c4c(O)c3C(=O)C21O. The number of aliphatic hydroxyl groups is 11. The maximum atomic E-state index is 16.4. The summed E-state index contributed by atoms with van der Waals surface area (Å²) in [5.41, 5.74) is -19.7. The van der Waals surface area contributed by atoms with E-state index in [2.05, 4.69) is 0 Å². The van der Waals surface area contributed by atoms with Crippen LogP contribution in [0.1, 0.15) is 216 Å². The van der Waals surface area contributed by atoms with Crippen LogP contribution >= 0.6 is 0 Å². The Morgan fingerprint density at radius 3 is 1.55 bits per heavy atom. The number of ether oxygens (including phenoxy) is 16. The van der Waals surface area contributed by atoms with E-state index < -0.39 is 339 Å².